The fourth-order valence-electron chi connectivity index (χ4n) is 3.88. The molecule has 1 atom stereocenters. The third-order valence-corrected chi connectivity index (χ3v) is 5.84. The van der Waals surface area contributed by atoms with Gasteiger partial charge in [-0.25, -0.2) is 4.68 Å². The van der Waals surface area contributed by atoms with Gasteiger partial charge in [-0.3, -0.25) is 9.80 Å². The van der Waals surface area contributed by atoms with E-state index in [0.29, 0.717) is 6.10 Å². The topological polar surface area (TPSA) is 33.5 Å². The predicted octanol–water partition coefficient (Wildman–Crippen LogP) is 3.13. The monoisotopic (exact) mass is 374 g/mol. The van der Waals surface area contributed by atoms with Gasteiger partial charge in [0.05, 0.1) is 17.5 Å². The van der Waals surface area contributed by atoms with Crippen LogP contribution in [-0.2, 0) is 11.3 Å². The summed E-state index contributed by atoms with van der Waals surface area (Å²) in [5.74, 6) is 0. The van der Waals surface area contributed by atoms with Gasteiger partial charge >= 0.3 is 0 Å². The van der Waals surface area contributed by atoms with Crippen LogP contribution in [0, 0.1) is 6.92 Å². The summed E-state index contributed by atoms with van der Waals surface area (Å²) >= 11 is 6.67. The standard InChI is InChI=1S/C20H27ClN4O/c1-16-19(20(21)25(22-16)17-6-3-2-4-7-17)15-24-11-9-23(10-12-24)14-18-8-5-13-26-18/h2-4,6-7,18H,5,8-15H2,1H3. The van der Waals surface area contributed by atoms with E-state index in [1.807, 2.05) is 41.9 Å². The minimum absolute atomic E-state index is 0.447. The lowest BCUT2D eigenvalue weighted by Gasteiger charge is -2.35. The number of aromatic nitrogens is 2. The molecule has 2 fully saturated rings. The number of benzene rings is 1. The summed E-state index contributed by atoms with van der Waals surface area (Å²) in [5, 5.41) is 5.39. The minimum atomic E-state index is 0.447. The summed E-state index contributed by atoms with van der Waals surface area (Å²) in [6.45, 7) is 9.28. The van der Waals surface area contributed by atoms with Crippen LogP contribution in [0.5, 0.6) is 0 Å². The second-order valence-corrected chi connectivity index (χ2v) is 7.67. The molecular formula is C20H27ClN4O. The maximum Gasteiger partial charge on any atom is 0.137 e. The van der Waals surface area contributed by atoms with Crippen LogP contribution in [0.25, 0.3) is 5.69 Å². The molecule has 26 heavy (non-hydrogen) atoms. The fraction of sp³-hybridized carbons (Fsp3) is 0.550. The number of hydrogen-bond donors (Lipinski definition) is 0. The number of piperazine rings is 1. The molecule has 2 saturated heterocycles. The number of aryl methyl sites for hydroxylation is 1. The molecule has 1 aromatic carbocycles. The quantitative estimate of drug-likeness (QED) is 0.805. The van der Waals surface area contributed by atoms with Crippen molar-refractivity contribution in [3.05, 3.63) is 46.7 Å². The maximum absolute atomic E-state index is 6.67. The van der Waals surface area contributed by atoms with E-state index in [2.05, 4.69) is 14.9 Å². The van der Waals surface area contributed by atoms with Crippen molar-refractivity contribution in [2.75, 3.05) is 39.3 Å². The van der Waals surface area contributed by atoms with Gasteiger partial charge in [0.2, 0.25) is 0 Å². The first kappa shape index (κ1) is 18.0. The SMILES string of the molecule is Cc1nn(-c2ccccc2)c(Cl)c1CN1CCN(CC2CCCO2)CC1. The summed E-state index contributed by atoms with van der Waals surface area (Å²) in [7, 11) is 0. The number of hydrogen-bond acceptors (Lipinski definition) is 4. The van der Waals surface area contributed by atoms with Crippen molar-refractivity contribution >= 4 is 11.6 Å². The minimum Gasteiger partial charge on any atom is -0.377 e. The van der Waals surface area contributed by atoms with Crippen molar-refractivity contribution in [3.63, 3.8) is 0 Å². The van der Waals surface area contributed by atoms with Crippen molar-refractivity contribution < 1.29 is 4.74 Å². The first-order chi connectivity index (χ1) is 12.7. The van der Waals surface area contributed by atoms with Crippen LogP contribution >= 0.6 is 11.6 Å². The van der Waals surface area contributed by atoms with Crippen LogP contribution in [0.4, 0.5) is 0 Å². The molecule has 6 heteroatoms. The number of ether oxygens (including phenoxy) is 1. The van der Waals surface area contributed by atoms with Crippen molar-refractivity contribution in [2.45, 2.75) is 32.4 Å². The molecule has 0 radical (unpaired) electrons. The zero-order valence-corrected chi connectivity index (χ0v) is 16.2. The average Bonchev–Trinajstić information content (AvgIpc) is 3.27. The summed E-state index contributed by atoms with van der Waals surface area (Å²) < 4.78 is 7.62. The molecule has 2 aliphatic heterocycles. The Kier molecular flexibility index (Phi) is 5.60. The van der Waals surface area contributed by atoms with E-state index >= 15 is 0 Å². The lowest BCUT2D eigenvalue weighted by Crippen LogP contribution is -2.48. The molecular weight excluding hydrogens is 348 g/mol. The van der Waals surface area contributed by atoms with E-state index in [-0.39, 0.29) is 0 Å². The van der Waals surface area contributed by atoms with Gasteiger partial charge < -0.3 is 4.74 Å². The molecule has 0 N–H and O–H groups in total. The molecule has 0 bridgehead atoms. The van der Waals surface area contributed by atoms with Gasteiger partial charge in [0.15, 0.2) is 0 Å². The molecule has 3 heterocycles. The van der Waals surface area contributed by atoms with E-state index in [1.54, 1.807) is 0 Å². The number of nitrogens with zero attached hydrogens (tertiary/aromatic N) is 4. The molecule has 0 amide bonds. The predicted molar refractivity (Wildman–Crippen MR) is 104 cm³/mol. The fourth-order valence-corrected chi connectivity index (χ4v) is 4.21. The van der Waals surface area contributed by atoms with E-state index < -0.39 is 0 Å². The molecule has 0 aliphatic carbocycles. The zero-order chi connectivity index (χ0) is 17.9. The van der Waals surface area contributed by atoms with Crippen molar-refractivity contribution in [2.24, 2.45) is 0 Å². The first-order valence-corrected chi connectivity index (χ1v) is 9.94. The molecule has 4 rings (SSSR count). The normalized spacial score (nSPS) is 22.2. The highest BCUT2D eigenvalue weighted by Crippen LogP contribution is 2.25. The average molecular weight is 375 g/mol. The van der Waals surface area contributed by atoms with Crippen LogP contribution in [0.15, 0.2) is 30.3 Å². The third kappa shape index (κ3) is 3.96. The van der Waals surface area contributed by atoms with Gasteiger partial charge in [-0.1, -0.05) is 29.8 Å². The Bertz CT molecular complexity index is 719. The number of rotatable bonds is 5. The van der Waals surface area contributed by atoms with Crippen molar-refractivity contribution in [1.82, 2.24) is 19.6 Å². The van der Waals surface area contributed by atoms with Gasteiger partial charge in [-0.15, -0.1) is 0 Å². The van der Waals surface area contributed by atoms with Crippen LogP contribution in [-0.4, -0.2) is 65.0 Å². The van der Waals surface area contributed by atoms with Crippen molar-refractivity contribution in [3.8, 4) is 5.69 Å². The Morgan fingerprint density at radius 3 is 2.54 bits per heavy atom. The summed E-state index contributed by atoms with van der Waals surface area (Å²) in [5.41, 5.74) is 3.16. The highest BCUT2D eigenvalue weighted by molar-refractivity contribution is 6.30. The van der Waals surface area contributed by atoms with Crippen LogP contribution in [0.2, 0.25) is 5.15 Å². The molecule has 0 saturated carbocycles. The smallest absolute Gasteiger partial charge is 0.137 e. The summed E-state index contributed by atoms with van der Waals surface area (Å²) in [6, 6.07) is 10.1. The molecule has 5 nitrogen and oxygen atoms in total. The lowest BCUT2D eigenvalue weighted by atomic mass is 10.2. The Morgan fingerprint density at radius 2 is 1.85 bits per heavy atom. The largest absolute Gasteiger partial charge is 0.377 e. The number of halogens is 1. The Hall–Kier alpha value is -1.40. The second kappa shape index (κ2) is 8.09. The van der Waals surface area contributed by atoms with Crippen molar-refractivity contribution in [1.29, 1.82) is 0 Å². The van der Waals surface area contributed by atoms with Crippen LogP contribution in [0.1, 0.15) is 24.1 Å². The van der Waals surface area contributed by atoms with E-state index in [9.17, 15) is 0 Å². The molecule has 0 spiro atoms. The lowest BCUT2D eigenvalue weighted by molar-refractivity contribution is 0.0489. The van der Waals surface area contributed by atoms with Crippen LogP contribution in [0.3, 0.4) is 0 Å². The van der Waals surface area contributed by atoms with Gasteiger partial charge in [0.1, 0.15) is 5.15 Å². The maximum atomic E-state index is 6.67. The third-order valence-electron chi connectivity index (χ3n) is 5.45. The van der Waals surface area contributed by atoms with Gasteiger partial charge in [0, 0.05) is 51.4 Å². The van der Waals surface area contributed by atoms with E-state index in [0.717, 1.165) is 68.0 Å². The highest BCUT2D eigenvalue weighted by atomic mass is 35.5. The Balaban J connectivity index is 1.37. The summed E-state index contributed by atoms with van der Waals surface area (Å²) in [4.78, 5) is 5.02. The van der Waals surface area contributed by atoms with E-state index in [1.165, 1.54) is 12.8 Å². The molecule has 1 aromatic heterocycles. The Morgan fingerprint density at radius 1 is 1.12 bits per heavy atom. The molecule has 1 unspecified atom stereocenters. The first-order valence-electron chi connectivity index (χ1n) is 9.56. The number of para-hydroxylation sites is 1. The van der Waals surface area contributed by atoms with Gasteiger partial charge in [-0.2, -0.15) is 5.10 Å². The highest BCUT2D eigenvalue weighted by Gasteiger charge is 2.24. The zero-order valence-electron chi connectivity index (χ0n) is 15.4. The molecule has 2 aliphatic rings. The second-order valence-electron chi connectivity index (χ2n) is 7.31. The summed E-state index contributed by atoms with van der Waals surface area (Å²) in [6.07, 6.45) is 2.88. The molecule has 2 aromatic rings. The van der Waals surface area contributed by atoms with Gasteiger partial charge in [-0.05, 0) is 31.9 Å². The van der Waals surface area contributed by atoms with E-state index in [4.69, 9.17) is 16.3 Å². The Labute approximate surface area is 160 Å². The van der Waals surface area contributed by atoms with Crippen LogP contribution < -0.4 is 0 Å². The molecule has 140 valence electrons. The van der Waals surface area contributed by atoms with Gasteiger partial charge in [0.25, 0.3) is 0 Å².